The van der Waals surface area contributed by atoms with Gasteiger partial charge in [0.15, 0.2) is 5.82 Å². The molecule has 0 unspecified atom stereocenters. The van der Waals surface area contributed by atoms with E-state index in [0.717, 1.165) is 21.0 Å². The van der Waals surface area contributed by atoms with E-state index in [4.69, 9.17) is 30.4 Å². The SMILES string of the molecule is O=C(O)C(F)(F)F.[2H]C([2H])([2H])O[C@@H]1CCN(S(=O)(=O)Nc2ccc(F)c(Nc3ccc4ncn(C)c(=O)c4c3F)c2Cl)C1. The first-order valence-corrected chi connectivity index (χ1v) is 12.7. The zero-order valence-corrected chi connectivity index (χ0v) is 21.7. The molecular formula is C22H21ClF5N5O6S. The summed E-state index contributed by atoms with van der Waals surface area (Å²) in [6.45, 7) is -0.214. The summed E-state index contributed by atoms with van der Waals surface area (Å²) in [4.78, 5) is 25.2. The van der Waals surface area contributed by atoms with E-state index in [9.17, 15) is 30.8 Å². The number of carboxylic acid groups (broad SMARTS) is 1. The zero-order valence-electron chi connectivity index (χ0n) is 23.1. The van der Waals surface area contributed by atoms with Crippen molar-refractivity contribution in [1.82, 2.24) is 13.9 Å². The van der Waals surface area contributed by atoms with Crippen molar-refractivity contribution < 1.29 is 49.1 Å². The lowest BCUT2D eigenvalue weighted by Gasteiger charge is -2.19. The summed E-state index contributed by atoms with van der Waals surface area (Å²) in [6.07, 6.45) is -4.51. The van der Waals surface area contributed by atoms with E-state index in [2.05, 4.69) is 15.0 Å². The van der Waals surface area contributed by atoms with Crippen LogP contribution in [0, 0.1) is 11.6 Å². The Morgan fingerprint density at radius 2 is 1.90 bits per heavy atom. The molecule has 1 aliphatic heterocycles. The minimum atomic E-state index is -5.08. The number of carboxylic acids is 1. The molecule has 1 saturated heterocycles. The summed E-state index contributed by atoms with van der Waals surface area (Å²) in [5.41, 5.74) is -1.47. The highest BCUT2D eigenvalue weighted by atomic mass is 35.5. The maximum absolute atomic E-state index is 15.1. The van der Waals surface area contributed by atoms with Gasteiger partial charge in [0, 0.05) is 27.2 Å². The molecule has 1 atom stereocenters. The molecule has 0 aliphatic carbocycles. The number of aliphatic carboxylic acids is 1. The molecule has 1 aromatic heterocycles. The predicted octanol–water partition coefficient (Wildman–Crippen LogP) is 3.62. The van der Waals surface area contributed by atoms with Crippen LogP contribution in [0.25, 0.3) is 10.9 Å². The molecule has 40 heavy (non-hydrogen) atoms. The lowest BCUT2D eigenvalue weighted by Crippen LogP contribution is -2.35. The first-order chi connectivity index (χ1) is 19.7. The number of ether oxygens (including phenoxy) is 1. The van der Waals surface area contributed by atoms with Gasteiger partial charge in [-0.15, -0.1) is 0 Å². The van der Waals surface area contributed by atoms with Gasteiger partial charge in [-0.2, -0.15) is 25.9 Å². The number of fused-ring (bicyclic) bond motifs is 1. The van der Waals surface area contributed by atoms with Crippen molar-refractivity contribution in [3.8, 4) is 0 Å². The summed E-state index contributed by atoms with van der Waals surface area (Å²) in [6, 6.07) is 4.62. The molecular weight excluding hydrogens is 593 g/mol. The minimum Gasteiger partial charge on any atom is -0.475 e. The summed E-state index contributed by atoms with van der Waals surface area (Å²) in [7, 11) is -5.48. The van der Waals surface area contributed by atoms with Crippen LogP contribution >= 0.6 is 11.6 Å². The van der Waals surface area contributed by atoms with Gasteiger partial charge in [0.2, 0.25) is 0 Å². The van der Waals surface area contributed by atoms with Gasteiger partial charge >= 0.3 is 22.4 Å². The average Bonchev–Trinajstić information content (AvgIpc) is 3.34. The van der Waals surface area contributed by atoms with Gasteiger partial charge in [-0.1, -0.05) is 11.6 Å². The Morgan fingerprint density at radius 3 is 2.52 bits per heavy atom. The maximum atomic E-state index is 15.1. The van der Waals surface area contributed by atoms with E-state index >= 15 is 4.39 Å². The molecule has 4 rings (SSSR count). The van der Waals surface area contributed by atoms with Gasteiger partial charge in [-0.3, -0.25) is 9.52 Å². The van der Waals surface area contributed by atoms with Crippen LogP contribution in [0.3, 0.4) is 0 Å². The van der Waals surface area contributed by atoms with E-state index < -0.39 is 63.4 Å². The minimum absolute atomic E-state index is 0.00864. The van der Waals surface area contributed by atoms with Crippen LogP contribution in [0.2, 0.25) is 5.02 Å². The van der Waals surface area contributed by atoms with Crippen molar-refractivity contribution in [2.75, 3.05) is 30.2 Å². The summed E-state index contributed by atoms with van der Waals surface area (Å²) in [5, 5.41) is 8.90. The van der Waals surface area contributed by atoms with Crippen LogP contribution < -0.4 is 15.6 Å². The fraction of sp³-hybridized carbons (Fsp3) is 0.318. The second-order valence-electron chi connectivity index (χ2n) is 8.19. The largest absolute Gasteiger partial charge is 0.490 e. The highest BCUT2D eigenvalue weighted by Crippen LogP contribution is 2.37. The van der Waals surface area contributed by atoms with E-state index in [1.807, 2.05) is 0 Å². The third-order valence-electron chi connectivity index (χ3n) is 5.47. The topological polar surface area (TPSA) is 143 Å². The standard InChI is InChI=1S/C20H20ClF2N5O4S.C2HF3O2/c1-27-10-24-13-5-6-15(18(23)16(13)20(27)29)25-19-12(22)3-4-14(17(19)21)26-33(30,31)28-8-7-11(9-28)32-2;3-2(4,5)1(6)7/h3-6,10-11,25-26H,7-9H2,1-2H3;(H,6,7)/t11-;/m1./s1/i2D3;. The number of nitrogens with one attached hydrogen (secondary N) is 2. The Hall–Kier alpha value is -3.54. The van der Waals surface area contributed by atoms with Crippen LogP contribution in [-0.4, -0.2) is 65.8 Å². The fourth-order valence-corrected chi connectivity index (χ4v) is 5.04. The van der Waals surface area contributed by atoms with Crippen molar-refractivity contribution in [3.63, 3.8) is 0 Å². The number of halogens is 6. The number of carbonyl (C=O) groups is 1. The molecule has 0 saturated carbocycles. The molecule has 3 aromatic rings. The monoisotopic (exact) mass is 616 g/mol. The number of methoxy groups -OCH3 is 1. The highest BCUT2D eigenvalue weighted by molar-refractivity contribution is 7.90. The quantitative estimate of drug-likeness (QED) is 0.357. The lowest BCUT2D eigenvalue weighted by molar-refractivity contribution is -0.192. The number of benzene rings is 2. The van der Waals surface area contributed by atoms with Crippen molar-refractivity contribution in [3.05, 3.63) is 57.6 Å². The van der Waals surface area contributed by atoms with Crippen LogP contribution in [-0.2, 0) is 26.8 Å². The highest BCUT2D eigenvalue weighted by Gasteiger charge is 2.38. The number of hydrogen-bond acceptors (Lipinski definition) is 7. The Kier molecular flexibility index (Phi) is 7.94. The van der Waals surface area contributed by atoms with Crippen LogP contribution in [0.1, 0.15) is 10.5 Å². The van der Waals surface area contributed by atoms with Gasteiger partial charge in [-0.25, -0.2) is 18.6 Å². The molecule has 3 N–H and O–H groups in total. The summed E-state index contributed by atoms with van der Waals surface area (Å²) in [5.74, 6) is -4.65. The second kappa shape index (κ2) is 11.9. The van der Waals surface area contributed by atoms with Gasteiger partial charge in [0.1, 0.15) is 11.2 Å². The molecule has 218 valence electrons. The zero-order chi connectivity index (χ0) is 32.5. The molecule has 0 amide bonds. The van der Waals surface area contributed by atoms with Crippen LogP contribution in [0.5, 0.6) is 0 Å². The van der Waals surface area contributed by atoms with E-state index in [0.29, 0.717) is 0 Å². The van der Waals surface area contributed by atoms with Crippen LogP contribution in [0.4, 0.5) is 39.0 Å². The number of hydrogen-bond donors (Lipinski definition) is 3. The van der Waals surface area contributed by atoms with Crippen molar-refractivity contribution >= 4 is 55.7 Å². The third-order valence-corrected chi connectivity index (χ3v) is 7.35. The smallest absolute Gasteiger partial charge is 0.475 e. The van der Waals surface area contributed by atoms with Gasteiger partial charge < -0.3 is 19.7 Å². The number of rotatable bonds is 6. The Labute approximate surface area is 232 Å². The van der Waals surface area contributed by atoms with E-state index in [1.54, 1.807) is 0 Å². The molecule has 2 aromatic carbocycles. The Balaban J connectivity index is 0.000000646. The molecule has 1 fully saturated rings. The van der Waals surface area contributed by atoms with Gasteiger partial charge in [0.25, 0.3) is 5.56 Å². The van der Waals surface area contributed by atoms with Crippen LogP contribution in [0.15, 0.2) is 35.4 Å². The summed E-state index contributed by atoms with van der Waals surface area (Å²) < 4.78 is 118. The molecule has 2 heterocycles. The molecule has 0 radical (unpaired) electrons. The normalized spacial score (nSPS) is 17.4. The third kappa shape index (κ3) is 6.78. The van der Waals surface area contributed by atoms with Crippen molar-refractivity contribution in [2.45, 2.75) is 18.7 Å². The van der Waals surface area contributed by atoms with E-state index in [-0.39, 0.29) is 41.8 Å². The molecule has 1 aliphatic rings. The van der Waals surface area contributed by atoms with Crippen molar-refractivity contribution in [2.24, 2.45) is 7.05 Å². The first kappa shape index (κ1) is 26.7. The number of aryl methyl sites for hydroxylation is 1. The Morgan fingerprint density at radius 1 is 1.25 bits per heavy atom. The van der Waals surface area contributed by atoms with Crippen molar-refractivity contribution in [1.29, 1.82) is 0 Å². The predicted molar refractivity (Wildman–Crippen MR) is 135 cm³/mol. The second-order valence-corrected chi connectivity index (χ2v) is 10.2. The van der Waals surface area contributed by atoms with Gasteiger partial charge in [0.05, 0.1) is 44.1 Å². The number of anilines is 3. The average molecular weight is 617 g/mol. The number of alkyl halides is 3. The lowest BCUT2D eigenvalue weighted by atomic mass is 10.2. The fourth-order valence-electron chi connectivity index (χ4n) is 3.45. The molecule has 0 spiro atoms. The maximum Gasteiger partial charge on any atom is 0.490 e. The number of aromatic nitrogens is 2. The van der Waals surface area contributed by atoms with E-state index in [1.165, 1.54) is 25.5 Å². The molecule has 0 bridgehead atoms. The van der Waals surface area contributed by atoms with Gasteiger partial charge in [-0.05, 0) is 30.7 Å². The molecule has 18 heteroatoms. The first-order valence-electron chi connectivity index (χ1n) is 12.4. The Bertz CT molecular complexity index is 1710. The summed E-state index contributed by atoms with van der Waals surface area (Å²) >= 11 is 6.27. The molecule has 11 nitrogen and oxygen atoms in total. The number of nitrogens with zero attached hydrogens (tertiary/aromatic N) is 3.